The van der Waals surface area contributed by atoms with Crippen LogP contribution in [0.2, 0.25) is 0 Å². The summed E-state index contributed by atoms with van der Waals surface area (Å²) in [6.45, 7) is 7.31. The van der Waals surface area contributed by atoms with Gasteiger partial charge in [-0.05, 0) is 80.8 Å². The molecule has 0 saturated heterocycles. The number of benzene rings is 2. The first kappa shape index (κ1) is 37.2. The van der Waals surface area contributed by atoms with Crippen LogP contribution in [0.5, 0.6) is 0 Å². The highest BCUT2D eigenvalue weighted by Gasteiger charge is 2.34. The maximum atomic E-state index is 13.2. The standard InChI is InChI=1S/C37H52N6O4S/c1-4-6-8-10-23-37(45,24-11-9-7-5-2)36-29(3)40-43(41-36)33-18-20-34(21-19-33)48(46,47)42-32-16-14-30(15-17-32)22-26-39-28-35(44)31-13-12-25-38-27-31/h12-21,25,27,35,39,42,44-45H,4-11,22-24,26,28H2,1-3H3/t35-/m0/s1. The zero-order chi connectivity index (χ0) is 34.4. The molecule has 2 aromatic carbocycles. The summed E-state index contributed by atoms with van der Waals surface area (Å²) < 4.78 is 29.0. The first-order valence-corrected chi connectivity index (χ1v) is 18.8. The fourth-order valence-corrected chi connectivity index (χ4v) is 6.91. The van der Waals surface area contributed by atoms with Crippen molar-refractivity contribution in [1.29, 1.82) is 0 Å². The molecular weight excluding hydrogens is 625 g/mol. The topological polar surface area (TPSA) is 142 Å². The van der Waals surface area contributed by atoms with Gasteiger partial charge in [-0.2, -0.15) is 9.90 Å². The molecule has 260 valence electrons. The van der Waals surface area contributed by atoms with E-state index in [9.17, 15) is 18.6 Å². The number of aliphatic hydroxyl groups is 2. The molecule has 0 aliphatic rings. The monoisotopic (exact) mass is 676 g/mol. The summed E-state index contributed by atoms with van der Waals surface area (Å²) in [5, 5.41) is 34.7. The van der Waals surface area contributed by atoms with Gasteiger partial charge in [0.1, 0.15) is 11.3 Å². The van der Waals surface area contributed by atoms with Gasteiger partial charge >= 0.3 is 0 Å². The number of aromatic nitrogens is 4. The van der Waals surface area contributed by atoms with E-state index < -0.39 is 21.7 Å². The Morgan fingerprint density at radius 2 is 1.54 bits per heavy atom. The van der Waals surface area contributed by atoms with Gasteiger partial charge in [-0.1, -0.05) is 83.4 Å². The van der Waals surface area contributed by atoms with E-state index in [2.05, 4.69) is 34.0 Å². The first-order chi connectivity index (χ1) is 23.1. The second-order valence-corrected chi connectivity index (χ2v) is 14.3. The molecule has 10 nitrogen and oxygen atoms in total. The molecule has 0 spiro atoms. The van der Waals surface area contributed by atoms with E-state index in [0.29, 0.717) is 48.7 Å². The summed E-state index contributed by atoms with van der Waals surface area (Å²) >= 11 is 0. The second-order valence-electron chi connectivity index (χ2n) is 12.6. The van der Waals surface area contributed by atoms with Gasteiger partial charge in [0.05, 0.1) is 22.4 Å². The van der Waals surface area contributed by atoms with E-state index in [0.717, 1.165) is 68.9 Å². The Bertz CT molecular complexity index is 1610. The highest BCUT2D eigenvalue weighted by Crippen LogP contribution is 2.34. The van der Waals surface area contributed by atoms with Crippen molar-refractivity contribution < 1.29 is 18.6 Å². The minimum absolute atomic E-state index is 0.124. The number of aryl methyl sites for hydroxylation is 1. The van der Waals surface area contributed by atoms with Crippen molar-refractivity contribution >= 4 is 15.7 Å². The number of nitrogens with one attached hydrogen (secondary N) is 2. The lowest BCUT2D eigenvalue weighted by Crippen LogP contribution is -2.27. The fourth-order valence-electron chi connectivity index (χ4n) is 5.85. The molecule has 11 heteroatoms. The van der Waals surface area contributed by atoms with Crippen molar-refractivity contribution in [2.24, 2.45) is 0 Å². The number of hydrogen-bond acceptors (Lipinski definition) is 8. The van der Waals surface area contributed by atoms with Crippen LogP contribution in [0, 0.1) is 6.92 Å². The van der Waals surface area contributed by atoms with Gasteiger partial charge < -0.3 is 15.5 Å². The third kappa shape index (κ3) is 10.7. The molecule has 0 fully saturated rings. The number of sulfonamides is 1. The summed E-state index contributed by atoms with van der Waals surface area (Å²) in [7, 11) is -3.82. The number of aliphatic hydroxyl groups excluding tert-OH is 1. The molecule has 1 atom stereocenters. The molecular formula is C37H52N6O4S. The summed E-state index contributed by atoms with van der Waals surface area (Å²) in [5.74, 6) is 0. The molecule has 4 aromatic rings. The number of anilines is 1. The number of rotatable bonds is 21. The molecule has 2 heterocycles. The SMILES string of the molecule is CCCCCCC(O)(CCCCCC)c1nn(-c2ccc(S(=O)(=O)Nc3ccc(CCNC[C@H](O)c4cccnc4)cc3)cc2)nc1C. The van der Waals surface area contributed by atoms with Gasteiger partial charge in [-0.15, -0.1) is 5.10 Å². The van der Waals surface area contributed by atoms with E-state index in [-0.39, 0.29) is 4.90 Å². The van der Waals surface area contributed by atoms with Crippen LogP contribution in [0.3, 0.4) is 0 Å². The van der Waals surface area contributed by atoms with Crippen LogP contribution in [0.1, 0.15) is 107 Å². The van der Waals surface area contributed by atoms with E-state index in [1.165, 1.54) is 16.9 Å². The van der Waals surface area contributed by atoms with Crippen LogP contribution in [-0.4, -0.2) is 51.7 Å². The van der Waals surface area contributed by atoms with E-state index in [1.54, 1.807) is 42.7 Å². The molecule has 0 unspecified atom stereocenters. The summed E-state index contributed by atoms with van der Waals surface area (Å²) in [5.41, 5.74) is 3.15. The van der Waals surface area contributed by atoms with Gasteiger partial charge in [-0.25, -0.2) is 8.42 Å². The molecule has 0 aliphatic carbocycles. The highest BCUT2D eigenvalue weighted by atomic mass is 32.2. The van der Waals surface area contributed by atoms with Crippen molar-refractivity contribution in [3.63, 3.8) is 0 Å². The Labute approximate surface area is 286 Å². The Balaban J connectivity index is 1.35. The average Bonchev–Trinajstić information content (AvgIpc) is 3.50. The lowest BCUT2D eigenvalue weighted by Gasteiger charge is -2.27. The van der Waals surface area contributed by atoms with Gasteiger partial charge in [0.15, 0.2) is 0 Å². The molecule has 4 rings (SSSR count). The van der Waals surface area contributed by atoms with E-state index in [1.807, 2.05) is 25.1 Å². The summed E-state index contributed by atoms with van der Waals surface area (Å²) in [6, 6.07) is 17.3. The van der Waals surface area contributed by atoms with Crippen molar-refractivity contribution in [2.75, 3.05) is 17.8 Å². The summed E-state index contributed by atoms with van der Waals surface area (Å²) in [4.78, 5) is 5.65. The number of nitrogens with zero attached hydrogens (tertiary/aromatic N) is 4. The minimum Gasteiger partial charge on any atom is -0.387 e. The third-order valence-corrected chi connectivity index (χ3v) is 10.1. The van der Waals surface area contributed by atoms with Crippen molar-refractivity contribution in [3.8, 4) is 5.69 Å². The number of unbranched alkanes of at least 4 members (excludes halogenated alkanes) is 6. The molecule has 0 amide bonds. The molecule has 4 N–H and O–H groups in total. The largest absolute Gasteiger partial charge is 0.387 e. The van der Waals surface area contributed by atoms with Gasteiger partial charge in [0.25, 0.3) is 10.0 Å². The van der Waals surface area contributed by atoms with E-state index in [4.69, 9.17) is 5.10 Å². The van der Waals surface area contributed by atoms with Crippen molar-refractivity contribution in [1.82, 2.24) is 25.3 Å². The molecule has 48 heavy (non-hydrogen) atoms. The zero-order valence-electron chi connectivity index (χ0n) is 28.6. The average molecular weight is 677 g/mol. The first-order valence-electron chi connectivity index (χ1n) is 17.3. The maximum Gasteiger partial charge on any atom is 0.261 e. The van der Waals surface area contributed by atoms with Crippen LogP contribution in [0.25, 0.3) is 5.69 Å². The third-order valence-electron chi connectivity index (χ3n) is 8.69. The molecule has 0 bridgehead atoms. The molecule has 0 saturated carbocycles. The van der Waals surface area contributed by atoms with Crippen LogP contribution >= 0.6 is 0 Å². The Morgan fingerprint density at radius 1 is 0.875 bits per heavy atom. The fraction of sp³-hybridized carbons (Fsp3) is 0.486. The van der Waals surface area contributed by atoms with Crippen LogP contribution in [-0.2, 0) is 22.0 Å². The Kier molecular flexibility index (Phi) is 14.1. The normalized spacial score (nSPS) is 12.7. The number of hydrogen-bond donors (Lipinski definition) is 4. The highest BCUT2D eigenvalue weighted by molar-refractivity contribution is 7.92. The van der Waals surface area contributed by atoms with Crippen molar-refractivity contribution in [2.45, 2.75) is 108 Å². The second kappa shape index (κ2) is 18.2. The Hall–Kier alpha value is -3.64. The molecule has 2 aromatic heterocycles. The quantitative estimate of drug-likeness (QED) is 0.0709. The predicted octanol–water partition coefficient (Wildman–Crippen LogP) is 6.77. The van der Waals surface area contributed by atoms with Crippen LogP contribution in [0.15, 0.2) is 78.0 Å². The lowest BCUT2D eigenvalue weighted by molar-refractivity contribution is 0.00819. The molecule has 0 aliphatic heterocycles. The maximum absolute atomic E-state index is 13.2. The minimum atomic E-state index is -3.82. The van der Waals surface area contributed by atoms with E-state index >= 15 is 0 Å². The van der Waals surface area contributed by atoms with Gasteiger partial charge in [0, 0.05) is 30.2 Å². The van der Waals surface area contributed by atoms with Crippen molar-refractivity contribution in [3.05, 3.63) is 95.6 Å². The predicted molar refractivity (Wildman–Crippen MR) is 191 cm³/mol. The van der Waals surface area contributed by atoms with Gasteiger partial charge in [0.2, 0.25) is 0 Å². The van der Waals surface area contributed by atoms with Crippen LogP contribution in [0.4, 0.5) is 5.69 Å². The number of pyridine rings is 1. The zero-order valence-corrected chi connectivity index (χ0v) is 29.4. The smallest absolute Gasteiger partial charge is 0.261 e. The Morgan fingerprint density at radius 3 is 2.15 bits per heavy atom. The van der Waals surface area contributed by atoms with Crippen LogP contribution < -0.4 is 10.0 Å². The van der Waals surface area contributed by atoms with Gasteiger partial charge in [-0.3, -0.25) is 9.71 Å². The summed E-state index contributed by atoms with van der Waals surface area (Å²) in [6.07, 6.45) is 13.3. The lowest BCUT2D eigenvalue weighted by atomic mass is 9.86. The molecule has 0 radical (unpaired) electrons.